The Hall–Kier alpha value is 0.270. The van der Waals surface area contributed by atoms with Crippen LogP contribution in [0.15, 0.2) is 0 Å². The Morgan fingerprint density at radius 1 is 1.31 bits per heavy atom. The molecule has 0 amide bonds. The zero-order valence-corrected chi connectivity index (χ0v) is 12.0. The minimum Gasteiger partial charge on any atom is -0.329 e. The van der Waals surface area contributed by atoms with E-state index in [1.165, 1.54) is 31.7 Å². The molecule has 1 aliphatic heterocycles. The molecular weight excluding hydrogens is 216 g/mol. The summed E-state index contributed by atoms with van der Waals surface area (Å²) >= 11 is 2.10. The van der Waals surface area contributed by atoms with Crippen molar-refractivity contribution in [2.45, 2.75) is 50.8 Å². The maximum Gasteiger partial charge on any atom is 0.0357 e. The fourth-order valence-corrected chi connectivity index (χ4v) is 4.03. The molecule has 0 bridgehead atoms. The summed E-state index contributed by atoms with van der Waals surface area (Å²) in [7, 11) is 0. The largest absolute Gasteiger partial charge is 0.329 e. The molecule has 2 aliphatic rings. The Labute approximate surface area is 104 Å². The lowest BCUT2D eigenvalue weighted by Crippen LogP contribution is -2.61. The number of hydrogen-bond acceptors (Lipinski definition) is 3. The van der Waals surface area contributed by atoms with Gasteiger partial charge in [0.25, 0.3) is 0 Å². The topological polar surface area (TPSA) is 29.3 Å². The highest BCUT2D eigenvalue weighted by molar-refractivity contribution is 8.00. The Bertz CT molecular complexity index is 273. The average molecular weight is 242 g/mol. The second kappa shape index (κ2) is 3.89. The summed E-state index contributed by atoms with van der Waals surface area (Å²) in [5.41, 5.74) is 6.79. The first-order chi connectivity index (χ1) is 7.33. The number of rotatable bonds is 3. The highest BCUT2D eigenvalue weighted by Crippen LogP contribution is 2.56. The van der Waals surface area contributed by atoms with Gasteiger partial charge in [-0.1, -0.05) is 6.92 Å². The predicted molar refractivity (Wildman–Crippen MR) is 72.9 cm³/mol. The summed E-state index contributed by atoms with van der Waals surface area (Å²) in [5, 5.41) is 0. The molecule has 1 unspecified atom stereocenters. The molecule has 0 aromatic carbocycles. The monoisotopic (exact) mass is 242 g/mol. The summed E-state index contributed by atoms with van der Waals surface area (Å²) in [6.07, 6.45) is 2.70. The zero-order chi connectivity index (χ0) is 12.0. The van der Waals surface area contributed by atoms with Gasteiger partial charge in [0.15, 0.2) is 0 Å². The number of thioether (sulfide) groups is 1. The second-order valence-electron chi connectivity index (χ2n) is 6.57. The molecule has 1 aliphatic carbocycles. The van der Waals surface area contributed by atoms with Crippen LogP contribution in [0.4, 0.5) is 0 Å². The van der Waals surface area contributed by atoms with Gasteiger partial charge in [0, 0.05) is 35.7 Å². The van der Waals surface area contributed by atoms with Crippen LogP contribution in [0.3, 0.4) is 0 Å². The molecule has 2 rings (SSSR count). The maximum absolute atomic E-state index is 6.10. The van der Waals surface area contributed by atoms with Crippen molar-refractivity contribution < 1.29 is 0 Å². The van der Waals surface area contributed by atoms with E-state index in [0.717, 1.165) is 6.54 Å². The van der Waals surface area contributed by atoms with Gasteiger partial charge in [-0.2, -0.15) is 11.8 Å². The van der Waals surface area contributed by atoms with Crippen LogP contribution >= 0.6 is 11.8 Å². The lowest BCUT2D eigenvalue weighted by atomic mass is 9.81. The molecular formula is C13H26N2S. The molecule has 94 valence electrons. The molecule has 16 heavy (non-hydrogen) atoms. The molecule has 1 saturated heterocycles. The van der Waals surface area contributed by atoms with Crippen molar-refractivity contribution in [3.05, 3.63) is 0 Å². The minimum atomic E-state index is 0.214. The van der Waals surface area contributed by atoms with Crippen molar-refractivity contribution in [1.82, 2.24) is 4.90 Å². The van der Waals surface area contributed by atoms with Crippen LogP contribution in [0.1, 0.15) is 40.5 Å². The summed E-state index contributed by atoms with van der Waals surface area (Å²) in [6.45, 7) is 12.7. The normalized spacial score (nSPS) is 32.1. The second-order valence-corrected chi connectivity index (χ2v) is 8.37. The van der Waals surface area contributed by atoms with Crippen LogP contribution in [0, 0.1) is 5.41 Å². The summed E-state index contributed by atoms with van der Waals surface area (Å²) in [5.74, 6) is 1.25. The van der Waals surface area contributed by atoms with Gasteiger partial charge >= 0.3 is 0 Å². The first kappa shape index (κ1) is 12.7. The van der Waals surface area contributed by atoms with Crippen molar-refractivity contribution in [2.75, 3.05) is 25.4 Å². The maximum atomic E-state index is 6.10. The van der Waals surface area contributed by atoms with Crippen molar-refractivity contribution in [2.24, 2.45) is 11.1 Å². The molecule has 1 heterocycles. The third-order valence-corrected chi connectivity index (χ3v) is 6.12. The Kier molecular flexibility index (Phi) is 3.09. The van der Waals surface area contributed by atoms with Crippen LogP contribution in [-0.2, 0) is 0 Å². The third-order valence-electron chi connectivity index (χ3n) is 4.82. The first-order valence-corrected chi connectivity index (χ1v) is 7.41. The molecule has 2 nitrogen and oxygen atoms in total. The van der Waals surface area contributed by atoms with Crippen LogP contribution < -0.4 is 5.73 Å². The van der Waals surface area contributed by atoms with E-state index in [1.807, 2.05) is 0 Å². The van der Waals surface area contributed by atoms with E-state index in [0.29, 0.717) is 10.2 Å². The quantitative estimate of drug-likeness (QED) is 0.823. The van der Waals surface area contributed by atoms with Gasteiger partial charge in [0.2, 0.25) is 0 Å². The molecule has 1 saturated carbocycles. The van der Waals surface area contributed by atoms with Crippen molar-refractivity contribution in [3.63, 3.8) is 0 Å². The highest BCUT2D eigenvalue weighted by atomic mass is 32.2. The van der Waals surface area contributed by atoms with E-state index in [-0.39, 0.29) is 5.54 Å². The summed E-state index contributed by atoms with van der Waals surface area (Å²) in [4.78, 5) is 2.66. The van der Waals surface area contributed by atoms with Crippen molar-refractivity contribution in [1.29, 1.82) is 0 Å². The van der Waals surface area contributed by atoms with Gasteiger partial charge in [0.05, 0.1) is 0 Å². The van der Waals surface area contributed by atoms with E-state index in [2.05, 4.69) is 44.4 Å². The summed E-state index contributed by atoms with van der Waals surface area (Å²) in [6, 6.07) is 0. The van der Waals surface area contributed by atoms with Gasteiger partial charge in [0.1, 0.15) is 0 Å². The van der Waals surface area contributed by atoms with Crippen molar-refractivity contribution >= 4 is 11.8 Å². The molecule has 3 heteroatoms. The van der Waals surface area contributed by atoms with Gasteiger partial charge in [-0.25, -0.2) is 0 Å². The number of nitrogens with two attached hydrogens (primary N) is 1. The third kappa shape index (κ3) is 2.02. The lowest BCUT2D eigenvalue weighted by molar-refractivity contribution is 0.0435. The Balaban J connectivity index is 2.15. The van der Waals surface area contributed by atoms with E-state index in [1.54, 1.807) is 0 Å². The van der Waals surface area contributed by atoms with Gasteiger partial charge in [-0.3, -0.25) is 4.90 Å². The molecule has 0 spiro atoms. The molecule has 0 aromatic heterocycles. The molecule has 2 fully saturated rings. The standard InChI is InChI=1S/C13H26N2S/c1-11(2)10-15(7-8-16-11)13(4,9-14)12(3)5-6-12/h5-10,14H2,1-4H3. The number of nitrogens with zero attached hydrogens (tertiary/aromatic N) is 1. The smallest absolute Gasteiger partial charge is 0.0357 e. The highest BCUT2D eigenvalue weighted by Gasteiger charge is 2.55. The molecule has 1 atom stereocenters. The zero-order valence-electron chi connectivity index (χ0n) is 11.2. The molecule has 0 aromatic rings. The van der Waals surface area contributed by atoms with Gasteiger partial charge in [-0.15, -0.1) is 0 Å². The average Bonchev–Trinajstić information content (AvgIpc) is 2.95. The SMILES string of the molecule is CC1(C)CN(C(C)(CN)C2(C)CC2)CCS1. The predicted octanol–water partition coefficient (Wildman–Crippen LogP) is 2.33. The van der Waals surface area contributed by atoms with Gasteiger partial charge < -0.3 is 5.73 Å². The number of hydrogen-bond donors (Lipinski definition) is 1. The van der Waals surface area contributed by atoms with E-state index in [4.69, 9.17) is 5.73 Å². The molecule has 2 N–H and O–H groups in total. The van der Waals surface area contributed by atoms with Crippen LogP contribution in [0.5, 0.6) is 0 Å². The fourth-order valence-electron chi connectivity index (χ4n) is 2.92. The Morgan fingerprint density at radius 3 is 2.38 bits per heavy atom. The minimum absolute atomic E-state index is 0.214. The van der Waals surface area contributed by atoms with E-state index in [9.17, 15) is 0 Å². The fraction of sp³-hybridized carbons (Fsp3) is 1.00. The van der Waals surface area contributed by atoms with E-state index < -0.39 is 0 Å². The van der Waals surface area contributed by atoms with Crippen LogP contribution in [0.2, 0.25) is 0 Å². The van der Waals surface area contributed by atoms with Gasteiger partial charge in [-0.05, 0) is 39.0 Å². The van der Waals surface area contributed by atoms with Crippen LogP contribution in [-0.4, -0.2) is 40.6 Å². The van der Waals surface area contributed by atoms with E-state index >= 15 is 0 Å². The first-order valence-electron chi connectivity index (χ1n) is 6.42. The Morgan fingerprint density at radius 2 is 1.94 bits per heavy atom. The van der Waals surface area contributed by atoms with Crippen LogP contribution in [0.25, 0.3) is 0 Å². The van der Waals surface area contributed by atoms with Crippen molar-refractivity contribution in [3.8, 4) is 0 Å². The summed E-state index contributed by atoms with van der Waals surface area (Å²) < 4.78 is 0.389. The lowest BCUT2D eigenvalue weighted by Gasteiger charge is -2.51. The molecule has 0 radical (unpaired) electrons.